The van der Waals surface area contributed by atoms with Gasteiger partial charge in [0.25, 0.3) is 5.91 Å². The molecule has 0 atom stereocenters. The first kappa shape index (κ1) is 18.2. The van der Waals surface area contributed by atoms with Crippen molar-refractivity contribution in [2.45, 2.75) is 24.8 Å². The largest absolute Gasteiger partial charge is 0.352 e. The van der Waals surface area contributed by atoms with Crippen molar-refractivity contribution in [2.24, 2.45) is 0 Å². The standard InChI is InChI=1S/C18H22N2O3S/c1-3-13-19-18(21)16-11-9-15(10-12-16)14-20(2)24(22,23)17-7-5-4-6-8-17/h4-12H,3,13-14H2,1-2H3,(H,19,21). The van der Waals surface area contributed by atoms with Gasteiger partial charge >= 0.3 is 0 Å². The van der Waals surface area contributed by atoms with E-state index >= 15 is 0 Å². The number of hydrogen-bond acceptors (Lipinski definition) is 3. The van der Waals surface area contributed by atoms with Crippen LogP contribution in [0, 0.1) is 0 Å². The van der Waals surface area contributed by atoms with Crippen molar-refractivity contribution in [3.05, 3.63) is 65.7 Å². The van der Waals surface area contributed by atoms with Crippen LogP contribution in [0.25, 0.3) is 0 Å². The Balaban J connectivity index is 2.07. The summed E-state index contributed by atoms with van der Waals surface area (Å²) in [4.78, 5) is 12.1. The average molecular weight is 346 g/mol. The smallest absolute Gasteiger partial charge is 0.251 e. The maximum Gasteiger partial charge on any atom is 0.251 e. The van der Waals surface area contributed by atoms with Gasteiger partial charge in [0, 0.05) is 25.7 Å². The number of amides is 1. The highest BCUT2D eigenvalue weighted by molar-refractivity contribution is 7.89. The Morgan fingerprint density at radius 1 is 1.04 bits per heavy atom. The zero-order chi connectivity index (χ0) is 17.6. The van der Waals surface area contributed by atoms with Crippen LogP contribution in [0.15, 0.2) is 59.5 Å². The van der Waals surface area contributed by atoms with Gasteiger partial charge in [0.15, 0.2) is 0 Å². The van der Waals surface area contributed by atoms with Gasteiger partial charge in [-0.3, -0.25) is 4.79 Å². The average Bonchev–Trinajstić information content (AvgIpc) is 2.61. The summed E-state index contributed by atoms with van der Waals surface area (Å²) in [5.41, 5.74) is 1.39. The molecule has 0 aromatic heterocycles. The number of sulfonamides is 1. The van der Waals surface area contributed by atoms with Crippen LogP contribution < -0.4 is 5.32 Å². The third kappa shape index (κ3) is 4.43. The molecule has 1 N–H and O–H groups in total. The molecule has 0 saturated carbocycles. The molecule has 0 aliphatic carbocycles. The monoisotopic (exact) mass is 346 g/mol. The topological polar surface area (TPSA) is 66.5 Å². The van der Waals surface area contributed by atoms with Gasteiger partial charge in [-0.15, -0.1) is 0 Å². The second kappa shape index (κ2) is 8.08. The highest BCUT2D eigenvalue weighted by Gasteiger charge is 2.20. The predicted molar refractivity (Wildman–Crippen MR) is 94.2 cm³/mol. The Hall–Kier alpha value is -2.18. The lowest BCUT2D eigenvalue weighted by atomic mass is 10.1. The molecule has 0 radical (unpaired) electrons. The van der Waals surface area contributed by atoms with Gasteiger partial charge in [-0.2, -0.15) is 4.31 Å². The molecule has 0 aliphatic rings. The van der Waals surface area contributed by atoms with Gasteiger partial charge in [0.2, 0.25) is 10.0 Å². The first-order valence-corrected chi connectivity index (χ1v) is 9.27. The maximum atomic E-state index is 12.5. The Morgan fingerprint density at radius 3 is 2.25 bits per heavy atom. The van der Waals surface area contributed by atoms with Crippen LogP contribution in [-0.4, -0.2) is 32.2 Å². The molecule has 0 heterocycles. The first-order valence-electron chi connectivity index (χ1n) is 7.83. The molecule has 0 bridgehead atoms. The van der Waals surface area contributed by atoms with E-state index in [0.717, 1.165) is 12.0 Å². The van der Waals surface area contributed by atoms with Gasteiger partial charge in [-0.25, -0.2) is 8.42 Å². The molecule has 0 aliphatic heterocycles. The summed E-state index contributed by atoms with van der Waals surface area (Å²) in [6, 6.07) is 15.3. The van der Waals surface area contributed by atoms with Crippen molar-refractivity contribution in [1.29, 1.82) is 0 Å². The Labute approximate surface area is 143 Å². The summed E-state index contributed by atoms with van der Waals surface area (Å²) < 4.78 is 26.3. The molecule has 2 aromatic rings. The molecule has 2 aromatic carbocycles. The van der Waals surface area contributed by atoms with Crippen molar-refractivity contribution in [3.8, 4) is 0 Å². The van der Waals surface area contributed by atoms with Crippen LogP contribution in [0.2, 0.25) is 0 Å². The van der Waals surface area contributed by atoms with Crippen LogP contribution in [0.1, 0.15) is 29.3 Å². The van der Waals surface area contributed by atoms with Gasteiger partial charge in [-0.05, 0) is 36.2 Å². The fourth-order valence-electron chi connectivity index (χ4n) is 2.22. The third-order valence-electron chi connectivity index (χ3n) is 3.61. The van der Waals surface area contributed by atoms with Gasteiger partial charge in [-0.1, -0.05) is 37.3 Å². The number of rotatable bonds is 7. The number of carbonyl (C=O) groups is 1. The van der Waals surface area contributed by atoms with Crippen molar-refractivity contribution < 1.29 is 13.2 Å². The first-order chi connectivity index (χ1) is 11.4. The molecule has 0 unspecified atom stereocenters. The minimum absolute atomic E-state index is 0.117. The summed E-state index contributed by atoms with van der Waals surface area (Å²) in [7, 11) is -1.98. The number of nitrogens with zero attached hydrogens (tertiary/aromatic N) is 1. The van der Waals surface area contributed by atoms with Crippen molar-refractivity contribution in [3.63, 3.8) is 0 Å². The Kier molecular flexibility index (Phi) is 6.11. The van der Waals surface area contributed by atoms with E-state index in [1.54, 1.807) is 61.6 Å². The number of benzene rings is 2. The van der Waals surface area contributed by atoms with Gasteiger partial charge in [0.05, 0.1) is 4.90 Å². The molecule has 24 heavy (non-hydrogen) atoms. The van der Waals surface area contributed by atoms with Crippen molar-refractivity contribution in [2.75, 3.05) is 13.6 Å². The molecular weight excluding hydrogens is 324 g/mol. The zero-order valence-corrected chi connectivity index (χ0v) is 14.7. The van der Waals surface area contributed by atoms with E-state index in [1.165, 1.54) is 4.31 Å². The van der Waals surface area contributed by atoms with Gasteiger partial charge < -0.3 is 5.32 Å². The van der Waals surface area contributed by atoms with E-state index in [-0.39, 0.29) is 17.3 Å². The maximum absolute atomic E-state index is 12.5. The quantitative estimate of drug-likeness (QED) is 0.838. The predicted octanol–water partition coefficient (Wildman–Crippen LogP) is 2.65. The van der Waals surface area contributed by atoms with Crippen LogP contribution in [-0.2, 0) is 16.6 Å². The molecule has 128 valence electrons. The molecule has 5 nitrogen and oxygen atoms in total. The lowest BCUT2D eigenvalue weighted by Gasteiger charge is -2.17. The lowest BCUT2D eigenvalue weighted by Crippen LogP contribution is -2.26. The molecule has 0 spiro atoms. The van der Waals surface area contributed by atoms with Crippen LogP contribution in [0.4, 0.5) is 0 Å². The normalized spacial score (nSPS) is 11.5. The number of hydrogen-bond donors (Lipinski definition) is 1. The van der Waals surface area contributed by atoms with Crippen LogP contribution in [0.5, 0.6) is 0 Å². The molecular formula is C18H22N2O3S. The minimum atomic E-state index is -3.52. The number of nitrogens with one attached hydrogen (secondary N) is 1. The summed E-state index contributed by atoms with van der Waals surface area (Å²) >= 11 is 0. The van der Waals surface area contributed by atoms with E-state index in [2.05, 4.69) is 5.32 Å². The molecule has 1 amide bonds. The van der Waals surface area contributed by atoms with Crippen LogP contribution in [0.3, 0.4) is 0 Å². The summed E-state index contributed by atoms with van der Waals surface area (Å²) in [6.45, 7) is 2.87. The zero-order valence-electron chi connectivity index (χ0n) is 13.9. The fourth-order valence-corrected chi connectivity index (χ4v) is 3.40. The highest BCUT2D eigenvalue weighted by Crippen LogP contribution is 2.16. The fraction of sp³-hybridized carbons (Fsp3) is 0.278. The van der Waals surface area contributed by atoms with E-state index in [9.17, 15) is 13.2 Å². The van der Waals surface area contributed by atoms with E-state index in [1.807, 2.05) is 6.92 Å². The molecule has 0 fully saturated rings. The second-order valence-corrected chi connectivity index (χ2v) is 7.57. The van der Waals surface area contributed by atoms with E-state index in [4.69, 9.17) is 0 Å². The SMILES string of the molecule is CCCNC(=O)c1ccc(CN(C)S(=O)(=O)c2ccccc2)cc1. The minimum Gasteiger partial charge on any atom is -0.352 e. The van der Waals surface area contributed by atoms with E-state index < -0.39 is 10.0 Å². The summed E-state index contributed by atoms with van der Waals surface area (Å²) in [5, 5.41) is 2.81. The Bertz CT molecular complexity index is 772. The summed E-state index contributed by atoms with van der Waals surface area (Å²) in [5.74, 6) is -0.117. The molecule has 6 heteroatoms. The third-order valence-corrected chi connectivity index (χ3v) is 5.43. The van der Waals surface area contributed by atoms with Crippen molar-refractivity contribution >= 4 is 15.9 Å². The lowest BCUT2D eigenvalue weighted by molar-refractivity contribution is 0.0953. The van der Waals surface area contributed by atoms with Gasteiger partial charge in [0.1, 0.15) is 0 Å². The van der Waals surface area contributed by atoms with Crippen molar-refractivity contribution in [1.82, 2.24) is 9.62 Å². The molecule has 2 rings (SSSR count). The second-order valence-electron chi connectivity index (χ2n) is 5.53. The van der Waals surface area contributed by atoms with Crippen LogP contribution >= 0.6 is 0 Å². The number of carbonyl (C=O) groups excluding carboxylic acids is 1. The molecule has 0 saturated heterocycles. The Morgan fingerprint density at radius 2 is 1.67 bits per heavy atom. The summed E-state index contributed by atoms with van der Waals surface area (Å²) in [6.07, 6.45) is 0.881. The highest BCUT2D eigenvalue weighted by atomic mass is 32.2. The van der Waals surface area contributed by atoms with E-state index in [0.29, 0.717) is 12.1 Å².